The minimum atomic E-state index is 0.0710. The van der Waals surface area contributed by atoms with Crippen LogP contribution in [0.2, 0.25) is 0 Å². The van der Waals surface area contributed by atoms with Crippen LogP contribution in [0.25, 0.3) is 5.82 Å². The number of rotatable bonds is 5. The normalized spacial score (nSPS) is 18.8. The summed E-state index contributed by atoms with van der Waals surface area (Å²) in [6.07, 6.45) is 6.21. The molecule has 2 atom stereocenters. The second-order valence-corrected chi connectivity index (χ2v) is 7.11. The van der Waals surface area contributed by atoms with E-state index in [0.717, 1.165) is 22.3 Å². The number of carbonyl (C=O) groups is 1. The van der Waals surface area contributed by atoms with Crippen molar-refractivity contribution in [1.82, 2.24) is 20.1 Å². The van der Waals surface area contributed by atoms with Crippen molar-refractivity contribution in [1.29, 1.82) is 0 Å². The van der Waals surface area contributed by atoms with E-state index in [-0.39, 0.29) is 11.8 Å². The van der Waals surface area contributed by atoms with Gasteiger partial charge in [-0.1, -0.05) is 28.1 Å². The van der Waals surface area contributed by atoms with E-state index in [9.17, 15) is 4.79 Å². The van der Waals surface area contributed by atoms with Gasteiger partial charge in [-0.3, -0.25) is 4.79 Å². The molecule has 1 aliphatic carbocycles. The lowest BCUT2D eigenvalue weighted by atomic mass is 10.1. The van der Waals surface area contributed by atoms with E-state index in [1.807, 2.05) is 36.5 Å². The average molecular weight is 397 g/mol. The fourth-order valence-electron chi connectivity index (χ4n) is 3.01. The van der Waals surface area contributed by atoms with Crippen molar-refractivity contribution in [3.63, 3.8) is 0 Å². The quantitative estimate of drug-likeness (QED) is 0.718. The van der Waals surface area contributed by atoms with Crippen molar-refractivity contribution in [2.24, 2.45) is 5.92 Å². The lowest BCUT2D eigenvalue weighted by Gasteiger charge is -2.07. The maximum absolute atomic E-state index is 12.4. The van der Waals surface area contributed by atoms with Crippen LogP contribution in [0.4, 0.5) is 0 Å². The Kier molecular flexibility index (Phi) is 4.36. The summed E-state index contributed by atoms with van der Waals surface area (Å²) in [4.78, 5) is 16.7. The molecule has 25 heavy (non-hydrogen) atoms. The summed E-state index contributed by atoms with van der Waals surface area (Å²) in [6, 6.07) is 13.9. The van der Waals surface area contributed by atoms with Gasteiger partial charge in [-0.25, -0.2) is 9.67 Å². The lowest BCUT2D eigenvalue weighted by Crippen LogP contribution is -2.25. The van der Waals surface area contributed by atoms with Crippen LogP contribution in [0.1, 0.15) is 23.5 Å². The molecule has 2 unspecified atom stereocenters. The molecular weight excluding hydrogens is 380 g/mol. The summed E-state index contributed by atoms with van der Waals surface area (Å²) in [6.45, 7) is 0.497. The van der Waals surface area contributed by atoms with E-state index in [4.69, 9.17) is 0 Å². The van der Waals surface area contributed by atoms with Crippen molar-refractivity contribution < 1.29 is 4.79 Å². The highest BCUT2D eigenvalue weighted by atomic mass is 79.9. The van der Waals surface area contributed by atoms with Crippen LogP contribution >= 0.6 is 15.9 Å². The van der Waals surface area contributed by atoms with Crippen LogP contribution in [-0.4, -0.2) is 20.7 Å². The first kappa shape index (κ1) is 16.0. The average Bonchev–Trinajstić information content (AvgIpc) is 3.25. The van der Waals surface area contributed by atoms with E-state index < -0.39 is 0 Å². The zero-order valence-corrected chi connectivity index (χ0v) is 15.1. The van der Waals surface area contributed by atoms with Gasteiger partial charge in [0, 0.05) is 35.5 Å². The minimum Gasteiger partial charge on any atom is -0.352 e. The molecule has 2 heterocycles. The van der Waals surface area contributed by atoms with Gasteiger partial charge in [-0.2, -0.15) is 5.10 Å². The third kappa shape index (κ3) is 3.64. The molecule has 0 aliphatic heterocycles. The number of nitrogens with one attached hydrogen (secondary N) is 1. The molecule has 4 rings (SSSR count). The van der Waals surface area contributed by atoms with E-state index >= 15 is 0 Å². The van der Waals surface area contributed by atoms with Crippen LogP contribution in [0.3, 0.4) is 0 Å². The van der Waals surface area contributed by atoms with Gasteiger partial charge in [-0.05, 0) is 53.8 Å². The maximum Gasteiger partial charge on any atom is 0.224 e. The Morgan fingerprint density at radius 2 is 2.16 bits per heavy atom. The number of nitrogens with zero attached hydrogens (tertiary/aromatic N) is 3. The van der Waals surface area contributed by atoms with Crippen LogP contribution in [0.15, 0.2) is 65.5 Å². The molecule has 3 aromatic rings. The standard InChI is InChI=1S/C19H17BrN4O/c20-15-4-1-3-14(10-15)16-11-17(16)19(25)22-12-13-5-7-21-18(9-13)24-8-2-6-23-24/h1-10,16-17H,11-12H2,(H,22,25). The first-order valence-corrected chi connectivity index (χ1v) is 8.98. The zero-order chi connectivity index (χ0) is 17.2. The molecule has 1 aliphatic rings. The lowest BCUT2D eigenvalue weighted by molar-refractivity contribution is -0.122. The van der Waals surface area contributed by atoms with Gasteiger partial charge in [0.15, 0.2) is 5.82 Å². The highest BCUT2D eigenvalue weighted by molar-refractivity contribution is 9.10. The predicted molar refractivity (Wildman–Crippen MR) is 98.2 cm³/mol. The Hall–Kier alpha value is -2.47. The van der Waals surface area contributed by atoms with Crippen molar-refractivity contribution in [2.75, 3.05) is 0 Å². The predicted octanol–water partition coefficient (Wildman–Crippen LogP) is 3.45. The smallest absolute Gasteiger partial charge is 0.224 e. The third-order valence-electron chi connectivity index (χ3n) is 4.42. The van der Waals surface area contributed by atoms with Gasteiger partial charge >= 0.3 is 0 Å². The van der Waals surface area contributed by atoms with Crippen molar-refractivity contribution in [2.45, 2.75) is 18.9 Å². The molecule has 1 N–H and O–H groups in total. The van der Waals surface area contributed by atoms with Crippen molar-refractivity contribution in [3.05, 3.63) is 76.7 Å². The van der Waals surface area contributed by atoms with Crippen LogP contribution in [0.5, 0.6) is 0 Å². The highest BCUT2D eigenvalue weighted by Crippen LogP contribution is 2.47. The van der Waals surface area contributed by atoms with Crippen LogP contribution < -0.4 is 5.32 Å². The molecule has 1 saturated carbocycles. The van der Waals surface area contributed by atoms with E-state index in [1.54, 1.807) is 17.1 Å². The number of amides is 1. The largest absolute Gasteiger partial charge is 0.352 e. The second kappa shape index (κ2) is 6.80. The van der Waals surface area contributed by atoms with Crippen LogP contribution in [-0.2, 0) is 11.3 Å². The Balaban J connectivity index is 1.36. The molecule has 1 amide bonds. The number of pyridine rings is 1. The Labute approximate surface area is 154 Å². The van der Waals surface area contributed by atoms with Crippen molar-refractivity contribution in [3.8, 4) is 5.82 Å². The molecule has 1 aromatic carbocycles. The third-order valence-corrected chi connectivity index (χ3v) is 4.91. The van der Waals surface area contributed by atoms with E-state index in [1.165, 1.54) is 5.56 Å². The van der Waals surface area contributed by atoms with Gasteiger partial charge in [0.1, 0.15) is 0 Å². The Bertz CT molecular complexity index is 894. The SMILES string of the molecule is O=C(NCc1ccnc(-n2cccn2)c1)C1CC1c1cccc(Br)c1. The Morgan fingerprint density at radius 1 is 1.24 bits per heavy atom. The number of hydrogen-bond acceptors (Lipinski definition) is 3. The van der Waals surface area contributed by atoms with E-state index in [2.05, 4.69) is 43.5 Å². The molecule has 0 saturated heterocycles. The second-order valence-electron chi connectivity index (χ2n) is 6.19. The molecule has 5 nitrogen and oxygen atoms in total. The molecular formula is C19H17BrN4O. The summed E-state index contributed by atoms with van der Waals surface area (Å²) < 4.78 is 2.76. The van der Waals surface area contributed by atoms with Gasteiger partial charge in [0.25, 0.3) is 0 Å². The number of halogens is 1. The summed E-state index contributed by atoms with van der Waals surface area (Å²) in [5.74, 6) is 1.26. The summed E-state index contributed by atoms with van der Waals surface area (Å²) >= 11 is 3.49. The molecule has 1 fully saturated rings. The number of benzene rings is 1. The maximum atomic E-state index is 12.4. The highest BCUT2D eigenvalue weighted by Gasteiger charge is 2.43. The molecule has 0 radical (unpaired) electrons. The molecule has 0 spiro atoms. The fraction of sp³-hybridized carbons (Fsp3) is 0.211. The van der Waals surface area contributed by atoms with Gasteiger partial charge in [-0.15, -0.1) is 0 Å². The van der Waals surface area contributed by atoms with Gasteiger partial charge in [0.2, 0.25) is 5.91 Å². The van der Waals surface area contributed by atoms with E-state index in [0.29, 0.717) is 12.5 Å². The molecule has 126 valence electrons. The fourth-order valence-corrected chi connectivity index (χ4v) is 3.43. The molecule has 0 bridgehead atoms. The number of aromatic nitrogens is 3. The van der Waals surface area contributed by atoms with Crippen LogP contribution in [0, 0.1) is 5.92 Å². The molecule has 2 aromatic heterocycles. The summed E-state index contributed by atoms with van der Waals surface area (Å²) in [7, 11) is 0. The topological polar surface area (TPSA) is 59.8 Å². The number of carbonyl (C=O) groups excluding carboxylic acids is 1. The van der Waals surface area contributed by atoms with Crippen molar-refractivity contribution >= 4 is 21.8 Å². The Morgan fingerprint density at radius 3 is 2.96 bits per heavy atom. The van der Waals surface area contributed by atoms with Gasteiger partial charge < -0.3 is 5.32 Å². The first-order valence-electron chi connectivity index (χ1n) is 8.19. The minimum absolute atomic E-state index is 0.0710. The summed E-state index contributed by atoms with van der Waals surface area (Å²) in [5, 5.41) is 7.21. The van der Waals surface area contributed by atoms with Gasteiger partial charge in [0.05, 0.1) is 0 Å². The monoisotopic (exact) mass is 396 g/mol. The summed E-state index contributed by atoms with van der Waals surface area (Å²) in [5.41, 5.74) is 2.23. The zero-order valence-electron chi connectivity index (χ0n) is 13.5. The molecule has 6 heteroatoms. The first-order chi connectivity index (χ1) is 12.2. The number of hydrogen-bond donors (Lipinski definition) is 1.